The number of Topliss-reactive ketones (excluding diaryl/α,β-unsaturated/α-hetero) is 1. The Labute approximate surface area is 168 Å². The minimum Gasteiger partial charge on any atom is -0.489 e. The number of halogens is 3. The predicted octanol–water partition coefficient (Wildman–Crippen LogP) is 5.92. The Morgan fingerprint density at radius 2 is 1.75 bits per heavy atom. The van der Waals surface area contributed by atoms with Crippen molar-refractivity contribution in [3.8, 4) is 11.5 Å². The van der Waals surface area contributed by atoms with Crippen molar-refractivity contribution in [1.29, 1.82) is 0 Å². The van der Waals surface area contributed by atoms with Crippen LogP contribution >= 0.6 is 15.9 Å². The van der Waals surface area contributed by atoms with Gasteiger partial charge in [-0.2, -0.15) is 0 Å². The Bertz CT molecular complexity index is 1090. The highest BCUT2D eigenvalue weighted by atomic mass is 79.9. The second-order valence-corrected chi connectivity index (χ2v) is 7.06. The summed E-state index contributed by atoms with van der Waals surface area (Å²) in [5.74, 6) is -0.693. The zero-order valence-electron chi connectivity index (χ0n) is 14.4. The molecule has 0 amide bonds. The molecule has 28 heavy (non-hydrogen) atoms. The molecule has 4 rings (SSSR count). The lowest BCUT2D eigenvalue weighted by Gasteiger charge is -2.09. The number of hydrogen-bond acceptors (Lipinski definition) is 3. The van der Waals surface area contributed by atoms with E-state index >= 15 is 0 Å². The number of benzene rings is 3. The second-order valence-electron chi connectivity index (χ2n) is 6.14. The van der Waals surface area contributed by atoms with Crippen LogP contribution in [-0.2, 0) is 6.61 Å². The zero-order chi connectivity index (χ0) is 19.7. The molecule has 0 aliphatic carbocycles. The normalized spacial score (nSPS) is 14.1. The molecule has 0 radical (unpaired) electrons. The van der Waals surface area contributed by atoms with Gasteiger partial charge in [0.05, 0.1) is 11.1 Å². The summed E-state index contributed by atoms with van der Waals surface area (Å²) in [6, 6.07) is 15.8. The Balaban J connectivity index is 1.54. The molecule has 3 nitrogen and oxygen atoms in total. The Morgan fingerprint density at radius 3 is 2.50 bits per heavy atom. The van der Waals surface area contributed by atoms with Crippen LogP contribution in [0, 0.1) is 11.6 Å². The largest absolute Gasteiger partial charge is 0.489 e. The minimum atomic E-state index is -0.674. The molecule has 0 atom stereocenters. The first-order valence-electron chi connectivity index (χ1n) is 8.41. The first kappa shape index (κ1) is 18.4. The fourth-order valence-corrected chi connectivity index (χ4v) is 3.25. The molecule has 1 aliphatic heterocycles. The van der Waals surface area contributed by atoms with Crippen molar-refractivity contribution in [1.82, 2.24) is 0 Å². The van der Waals surface area contributed by atoms with E-state index in [1.807, 2.05) is 24.3 Å². The molecule has 3 aromatic carbocycles. The van der Waals surface area contributed by atoms with Gasteiger partial charge in [-0.15, -0.1) is 0 Å². The van der Waals surface area contributed by atoms with Crippen LogP contribution in [0.3, 0.4) is 0 Å². The summed E-state index contributed by atoms with van der Waals surface area (Å²) in [5, 5.41) is 0. The van der Waals surface area contributed by atoms with E-state index in [1.165, 1.54) is 24.3 Å². The molecule has 3 aromatic rings. The summed E-state index contributed by atoms with van der Waals surface area (Å²) in [7, 11) is 0. The van der Waals surface area contributed by atoms with Gasteiger partial charge in [0, 0.05) is 10.5 Å². The van der Waals surface area contributed by atoms with Crippen molar-refractivity contribution in [3.05, 3.63) is 99.2 Å². The molecule has 0 saturated carbocycles. The highest BCUT2D eigenvalue weighted by molar-refractivity contribution is 9.10. The summed E-state index contributed by atoms with van der Waals surface area (Å²) >= 11 is 3.39. The number of rotatable bonds is 4. The van der Waals surface area contributed by atoms with E-state index in [4.69, 9.17) is 9.47 Å². The first-order valence-corrected chi connectivity index (χ1v) is 9.20. The van der Waals surface area contributed by atoms with Gasteiger partial charge in [0.1, 0.15) is 29.7 Å². The fraction of sp³-hybridized carbons (Fsp3) is 0.0455. The van der Waals surface area contributed by atoms with Gasteiger partial charge in [-0.3, -0.25) is 4.79 Å². The molecule has 1 aliphatic rings. The molecule has 0 fully saturated rings. The zero-order valence-corrected chi connectivity index (χ0v) is 16.0. The summed E-state index contributed by atoms with van der Waals surface area (Å²) in [6.45, 7) is -0.272. The van der Waals surface area contributed by atoms with Crippen LogP contribution < -0.4 is 9.47 Å². The highest BCUT2D eigenvalue weighted by Gasteiger charge is 2.27. The number of fused-ring (bicyclic) bond motifs is 1. The maximum atomic E-state index is 13.7. The quantitative estimate of drug-likeness (QED) is 0.470. The van der Waals surface area contributed by atoms with Crippen molar-refractivity contribution >= 4 is 27.8 Å². The van der Waals surface area contributed by atoms with Crippen molar-refractivity contribution < 1.29 is 23.0 Å². The molecule has 0 unspecified atom stereocenters. The Morgan fingerprint density at radius 1 is 1.00 bits per heavy atom. The van der Waals surface area contributed by atoms with Crippen molar-refractivity contribution in [2.75, 3.05) is 0 Å². The molecule has 140 valence electrons. The van der Waals surface area contributed by atoms with Crippen LogP contribution in [0.1, 0.15) is 21.5 Å². The first-order chi connectivity index (χ1) is 13.5. The van der Waals surface area contributed by atoms with Crippen LogP contribution in [0.25, 0.3) is 6.08 Å². The molecule has 0 N–H and O–H groups in total. The maximum absolute atomic E-state index is 13.7. The lowest BCUT2D eigenvalue weighted by Crippen LogP contribution is -2.01. The summed E-state index contributed by atoms with van der Waals surface area (Å²) in [6.07, 6.45) is 1.66. The summed E-state index contributed by atoms with van der Waals surface area (Å²) < 4.78 is 39.5. The van der Waals surface area contributed by atoms with Gasteiger partial charge in [-0.1, -0.05) is 34.1 Å². The van der Waals surface area contributed by atoms with E-state index < -0.39 is 11.6 Å². The molecule has 6 heteroatoms. The Hall–Kier alpha value is -2.99. The third-order valence-corrected chi connectivity index (χ3v) is 4.73. The number of hydrogen-bond donors (Lipinski definition) is 0. The smallest absolute Gasteiger partial charge is 0.231 e. The average Bonchev–Trinajstić information content (AvgIpc) is 2.96. The molecule has 0 saturated heterocycles. The van der Waals surface area contributed by atoms with Gasteiger partial charge in [0.25, 0.3) is 0 Å². The number of ether oxygens (including phenoxy) is 2. The molecule has 0 bridgehead atoms. The van der Waals surface area contributed by atoms with E-state index in [0.717, 1.165) is 10.0 Å². The fourth-order valence-electron chi connectivity index (χ4n) is 2.83. The number of ketones is 1. The lowest BCUT2D eigenvalue weighted by atomic mass is 10.1. The second kappa shape index (κ2) is 7.56. The van der Waals surface area contributed by atoms with Gasteiger partial charge < -0.3 is 9.47 Å². The predicted molar refractivity (Wildman–Crippen MR) is 104 cm³/mol. The minimum absolute atomic E-state index is 0.157. The molecular weight excluding hydrogens is 430 g/mol. The lowest BCUT2D eigenvalue weighted by molar-refractivity contribution is 0.101. The van der Waals surface area contributed by atoms with Crippen molar-refractivity contribution in [2.45, 2.75) is 6.61 Å². The number of carbonyl (C=O) groups is 1. The van der Waals surface area contributed by atoms with Crippen LogP contribution in [-0.4, -0.2) is 5.78 Å². The molecule has 0 aromatic heterocycles. The van der Waals surface area contributed by atoms with E-state index in [1.54, 1.807) is 18.2 Å². The van der Waals surface area contributed by atoms with Crippen molar-refractivity contribution in [3.63, 3.8) is 0 Å². The summed E-state index contributed by atoms with van der Waals surface area (Å²) in [4.78, 5) is 12.5. The van der Waals surface area contributed by atoms with Gasteiger partial charge in [-0.05, 0) is 48.0 Å². The third-order valence-electron chi connectivity index (χ3n) is 4.23. The van der Waals surface area contributed by atoms with Gasteiger partial charge in [0.15, 0.2) is 5.76 Å². The third kappa shape index (κ3) is 3.68. The standard InChI is InChI=1S/C22H13BrF2O3/c23-14-4-1-3-13(9-14)10-21-22(26)16-8-7-15(11-20(16)28-21)27-12-17-18(24)5-2-6-19(17)25/h1-11H,12H2/b21-10-. The van der Waals surface area contributed by atoms with E-state index in [-0.39, 0.29) is 23.7 Å². The van der Waals surface area contributed by atoms with Crippen LogP contribution in [0.4, 0.5) is 8.78 Å². The van der Waals surface area contributed by atoms with E-state index in [2.05, 4.69) is 15.9 Å². The van der Waals surface area contributed by atoms with Crippen LogP contribution in [0.5, 0.6) is 11.5 Å². The number of allylic oxidation sites excluding steroid dienone is 1. The van der Waals surface area contributed by atoms with Gasteiger partial charge in [0.2, 0.25) is 5.78 Å². The summed E-state index contributed by atoms with van der Waals surface area (Å²) in [5.41, 5.74) is 1.07. The topological polar surface area (TPSA) is 35.5 Å². The SMILES string of the molecule is O=C1/C(=C/c2cccc(Br)c2)Oc2cc(OCc3c(F)cccc3F)ccc21. The number of carbonyl (C=O) groups excluding carboxylic acids is 1. The van der Waals surface area contributed by atoms with E-state index in [9.17, 15) is 13.6 Å². The monoisotopic (exact) mass is 442 g/mol. The molecular formula is C22H13BrF2O3. The molecule has 0 spiro atoms. The van der Waals surface area contributed by atoms with Crippen LogP contribution in [0.2, 0.25) is 0 Å². The highest BCUT2D eigenvalue weighted by Crippen LogP contribution is 2.35. The van der Waals surface area contributed by atoms with Gasteiger partial charge >= 0.3 is 0 Å². The molecule has 1 heterocycles. The van der Waals surface area contributed by atoms with Crippen molar-refractivity contribution in [2.24, 2.45) is 0 Å². The Kier molecular flexibility index (Phi) is 4.96. The average molecular weight is 443 g/mol. The van der Waals surface area contributed by atoms with Gasteiger partial charge in [-0.25, -0.2) is 8.78 Å². The van der Waals surface area contributed by atoms with Crippen LogP contribution in [0.15, 0.2) is 70.9 Å². The van der Waals surface area contributed by atoms with E-state index in [0.29, 0.717) is 17.1 Å². The maximum Gasteiger partial charge on any atom is 0.231 e.